The SMILES string of the molecule is NNC(=O)c1cc(COc2c(Br)cccc2[N+](=O)[O-])on1. The Bertz CT molecular complexity index is 687. The van der Waals surface area contributed by atoms with Gasteiger partial charge in [0.1, 0.15) is 6.61 Å². The lowest BCUT2D eigenvalue weighted by Crippen LogP contribution is -2.30. The standard InChI is InChI=1S/C11H9BrN4O5/c12-7-2-1-3-9(16(18)19)10(7)20-5-6-4-8(15-21-6)11(17)14-13/h1-4H,5,13H2,(H,14,17). The van der Waals surface area contributed by atoms with Crippen LogP contribution in [0, 0.1) is 10.1 Å². The number of para-hydroxylation sites is 1. The minimum absolute atomic E-state index is 0.0160. The lowest BCUT2D eigenvalue weighted by molar-refractivity contribution is -0.386. The molecule has 2 aromatic rings. The van der Waals surface area contributed by atoms with E-state index in [4.69, 9.17) is 15.1 Å². The average Bonchev–Trinajstić information content (AvgIpc) is 2.93. The monoisotopic (exact) mass is 356 g/mol. The molecule has 1 aromatic carbocycles. The summed E-state index contributed by atoms with van der Waals surface area (Å²) in [6, 6.07) is 5.77. The van der Waals surface area contributed by atoms with Crippen LogP contribution in [0.15, 0.2) is 33.3 Å². The van der Waals surface area contributed by atoms with Gasteiger partial charge in [-0.25, -0.2) is 5.84 Å². The Morgan fingerprint density at radius 1 is 1.57 bits per heavy atom. The predicted octanol–water partition coefficient (Wildman–Crippen LogP) is 1.53. The second kappa shape index (κ2) is 6.33. The number of amides is 1. The van der Waals surface area contributed by atoms with Crippen molar-refractivity contribution in [3.8, 4) is 5.75 Å². The lowest BCUT2D eigenvalue weighted by atomic mass is 10.3. The van der Waals surface area contributed by atoms with Gasteiger partial charge in [-0.3, -0.25) is 20.3 Å². The maximum absolute atomic E-state index is 11.2. The molecule has 10 heteroatoms. The normalized spacial score (nSPS) is 10.2. The van der Waals surface area contributed by atoms with Crippen molar-refractivity contribution in [1.29, 1.82) is 0 Å². The molecule has 0 aliphatic heterocycles. The van der Waals surface area contributed by atoms with Crippen LogP contribution in [0.5, 0.6) is 5.75 Å². The van der Waals surface area contributed by atoms with Crippen molar-refractivity contribution in [1.82, 2.24) is 10.6 Å². The minimum atomic E-state index is -0.614. The number of nitrogen functional groups attached to an aromatic ring is 1. The largest absolute Gasteiger partial charge is 0.478 e. The molecule has 1 amide bonds. The maximum atomic E-state index is 11.2. The average molecular weight is 357 g/mol. The van der Waals surface area contributed by atoms with Crippen LogP contribution in [0.4, 0.5) is 5.69 Å². The minimum Gasteiger partial charge on any atom is -0.478 e. The third kappa shape index (κ3) is 3.35. The molecule has 2 rings (SSSR count). The number of hydrogen-bond donors (Lipinski definition) is 2. The number of nitrogens with one attached hydrogen (secondary N) is 1. The molecule has 0 saturated carbocycles. The van der Waals surface area contributed by atoms with E-state index in [0.717, 1.165) is 0 Å². The van der Waals surface area contributed by atoms with E-state index >= 15 is 0 Å². The number of aromatic nitrogens is 1. The van der Waals surface area contributed by atoms with Crippen LogP contribution in [-0.2, 0) is 6.61 Å². The zero-order valence-corrected chi connectivity index (χ0v) is 12.0. The summed E-state index contributed by atoms with van der Waals surface area (Å²) in [7, 11) is 0. The predicted molar refractivity (Wildman–Crippen MR) is 73.3 cm³/mol. The van der Waals surface area contributed by atoms with Gasteiger partial charge in [0.2, 0.25) is 5.75 Å². The molecule has 0 radical (unpaired) electrons. The summed E-state index contributed by atoms with van der Waals surface area (Å²) in [6.07, 6.45) is 0. The Hall–Kier alpha value is -2.46. The van der Waals surface area contributed by atoms with E-state index in [1.54, 1.807) is 6.07 Å². The first-order chi connectivity index (χ1) is 10.0. The smallest absolute Gasteiger partial charge is 0.312 e. The number of ether oxygens (including phenoxy) is 1. The highest BCUT2D eigenvalue weighted by Gasteiger charge is 2.19. The summed E-state index contributed by atoms with van der Waals surface area (Å²) < 4.78 is 10.7. The van der Waals surface area contributed by atoms with Crippen LogP contribution >= 0.6 is 15.9 Å². The van der Waals surface area contributed by atoms with E-state index in [1.807, 2.05) is 5.43 Å². The summed E-state index contributed by atoms with van der Waals surface area (Å²) in [5.41, 5.74) is 1.70. The number of nitro benzene ring substituents is 1. The molecule has 0 aliphatic rings. The summed E-state index contributed by atoms with van der Waals surface area (Å²) in [6.45, 7) is -0.131. The van der Waals surface area contributed by atoms with E-state index in [-0.39, 0.29) is 29.5 Å². The maximum Gasteiger partial charge on any atom is 0.312 e. The first-order valence-corrected chi connectivity index (χ1v) is 6.34. The van der Waals surface area contributed by atoms with Gasteiger partial charge in [-0.1, -0.05) is 11.2 Å². The Labute approximate surface area is 126 Å². The van der Waals surface area contributed by atoms with Crippen molar-refractivity contribution in [2.75, 3.05) is 0 Å². The van der Waals surface area contributed by atoms with Gasteiger partial charge in [0, 0.05) is 12.1 Å². The zero-order valence-electron chi connectivity index (χ0n) is 10.4. The number of carbonyl (C=O) groups excluding carboxylic acids is 1. The third-order valence-corrected chi connectivity index (χ3v) is 3.05. The molecule has 0 atom stereocenters. The molecule has 110 valence electrons. The van der Waals surface area contributed by atoms with Gasteiger partial charge in [-0.05, 0) is 22.0 Å². The molecule has 0 spiro atoms. The quantitative estimate of drug-likeness (QED) is 0.359. The van der Waals surface area contributed by atoms with E-state index in [0.29, 0.717) is 4.47 Å². The third-order valence-electron chi connectivity index (χ3n) is 2.42. The number of halogens is 1. The van der Waals surface area contributed by atoms with Crippen molar-refractivity contribution in [3.05, 3.63) is 50.3 Å². The van der Waals surface area contributed by atoms with Gasteiger partial charge < -0.3 is 9.26 Å². The molecular weight excluding hydrogens is 348 g/mol. The Morgan fingerprint density at radius 3 is 3.00 bits per heavy atom. The molecular formula is C11H9BrN4O5. The van der Waals surface area contributed by atoms with Crippen molar-refractivity contribution < 1.29 is 19.0 Å². The first kappa shape index (κ1) is 14.9. The van der Waals surface area contributed by atoms with Gasteiger partial charge in [0.25, 0.3) is 5.91 Å². The van der Waals surface area contributed by atoms with Crippen LogP contribution in [-0.4, -0.2) is 16.0 Å². The highest BCUT2D eigenvalue weighted by molar-refractivity contribution is 9.10. The molecule has 21 heavy (non-hydrogen) atoms. The topological polar surface area (TPSA) is 134 Å². The molecule has 0 saturated heterocycles. The Morgan fingerprint density at radius 2 is 2.33 bits per heavy atom. The van der Waals surface area contributed by atoms with Gasteiger partial charge in [0.15, 0.2) is 11.5 Å². The number of hydrazine groups is 1. The van der Waals surface area contributed by atoms with Crippen molar-refractivity contribution in [2.24, 2.45) is 5.84 Å². The fourth-order valence-corrected chi connectivity index (χ4v) is 1.96. The summed E-state index contributed by atoms with van der Waals surface area (Å²) in [4.78, 5) is 21.6. The molecule has 1 heterocycles. The van der Waals surface area contributed by atoms with E-state index in [1.165, 1.54) is 18.2 Å². The molecule has 0 aliphatic carbocycles. The summed E-state index contributed by atoms with van der Waals surface area (Å²) >= 11 is 3.17. The molecule has 0 unspecified atom stereocenters. The summed E-state index contributed by atoms with van der Waals surface area (Å²) in [5.74, 6) is 4.62. The zero-order chi connectivity index (χ0) is 15.4. The number of benzene rings is 1. The molecule has 1 aromatic heterocycles. The van der Waals surface area contributed by atoms with E-state index < -0.39 is 10.8 Å². The van der Waals surface area contributed by atoms with Gasteiger partial charge >= 0.3 is 5.69 Å². The van der Waals surface area contributed by atoms with E-state index in [2.05, 4.69) is 21.1 Å². The first-order valence-electron chi connectivity index (χ1n) is 5.55. The van der Waals surface area contributed by atoms with Crippen molar-refractivity contribution >= 4 is 27.5 Å². The highest BCUT2D eigenvalue weighted by atomic mass is 79.9. The number of nitro groups is 1. The summed E-state index contributed by atoms with van der Waals surface area (Å²) in [5, 5.41) is 14.4. The molecule has 9 nitrogen and oxygen atoms in total. The Balaban J connectivity index is 2.15. The fraction of sp³-hybridized carbons (Fsp3) is 0.0909. The number of nitrogens with zero attached hydrogens (tertiary/aromatic N) is 2. The van der Waals surface area contributed by atoms with Crippen LogP contribution in [0.1, 0.15) is 16.2 Å². The van der Waals surface area contributed by atoms with Crippen LogP contribution in [0.2, 0.25) is 0 Å². The molecule has 0 fully saturated rings. The second-order valence-electron chi connectivity index (χ2n) is 3.79. The van der Waals surface area contributed by atoms with Gasteiger partial charge in [-0.2, -0.15) is 0 Å². The van der Waals surface area contributed by atoms with Gasteiger partial charge in [-0.15, -0.1) is 0 Å². The van der Waals surface area contributed by atoms with Crippen LogP contribution in [0.3, 0.4) is 0 Å². The fourth-order valence-electron chi connectivity index (χ4n) is 1.49. The molecule has 3 N–H and O–H groups in total. The number of rotatable bonds is 5. The highest BCUT2D eigenvalue weighted by Crippen LogP contribution is 2.35. The number of carbonyl (C=O) groups is 1. The number of nitrogens with two attached hydrogens (primary N) is 1. The molecule has 0 bridgehead atoms. The van der Waals surface area contributed by atoms with Crippen LogP contribution in [0.25, 0.3) is 0 Å². The van der Waals surface area contributed by atoms with E-state index in [9.17, 15) is 14.9 Å². The number of hydrogen-bond acceptors (Lipinski definition) is 7. The van der Waals surface area contributed by atoms with Crippen molar-refractivity contribution in [3.63, 3.8) is 0 Å². The lowest BCUT2D eigenvalue weighted by Gasteiger charge is -2.06. The van der Waals surface area contributed by atoms with Gasteiger partial charge in [0.05, 0.1) is 9.40 Å². The van der Waals surface area contributed by atoms with Crippen LogP contribution < -0.4 is 16.0 Å². The second-order valence-corrected chi connectivity index (χ2v) is 4.64. The van der Waals surface area contributed by atoms with Crippen molar-refractivity contribution in [2.45, 2.75) is 6.61 Å². The Kier molecular flexibility index (Phi) is 4.50.